The quantitative estimate of drug-likeness (QED) is 0.841. The van der Waals surface area contributed by atoms with Crippen LogP contribution in [0.25, 0.3) is 0 Å². The van der Waals surface area contributed by atoms with E-state index in [1.54, 1.807) is 4.90 Å². The van der Waals surface area contributed by atoms with Crippen molar-refractivity contribution in [1.29, 1.82) is 0 Å². The Hall–Kier alpha value is -1.35. The van der Waals surface area contributed by atoms with Crippen LogP contribution in [0.2, 0.25) is 0 Å². The van der Waals surface area contributed by atoms with Crippen LogP contribution in [0.4, 0.5) is 0 Å². The van der Waals surface area contributed by atoms with Gasteiger partial charge in [0.1, 0.15) is 0 Å². The van der Waals surface area contributed by atoms with Crippen molar-refractivity contribution >= 4 is 5.91 Å². The Morgan fingerprint density at radius 3 is 2.50 bits per heavy atom. The SMILES string of the molecule is CCC(C)CC(=O)N(C)Cc1ccccc1CN. The summed E-state index contributed by atoms with van der Waals surface area (Å²) in [7, 11) is 1.86. The van der Waals surface area contributed by atoms with Gasteiger partial charge < -0.3 is 10.6 Å². The molecule has 2 N–H and O–H groups in total. The second-order valence-electron chi connectivity index (χ2n) is 4.94. The molecule has 3 nitrogen and oxygen atoms in total. The van der Waals surface area contributed by atoms with E-state index in [4.69, 9.17) is 5.73 Å². The number of hydrogen-bond donors (Lipinski definition) is 1. The molecule has 0 aromatic heterocycles. The molecule has 0 spiro atoms. The number of nitrogens with zero attached hydrogens (tertiary/aromatic N) is 1. The minimum absolute atomic E-state index is 0.205. The Morgan fingerprint density at radius 2 is 1.94 bits per heavy atom. The standard InChI is InChI=1S/C15H24N2O/c1-4-12(2)9-15(18)17(3)11-14-8-6-5-7-13(14)10-16/h5-8,12H,4,9-11,16H2,1-3H3. The largest absolute Gasteiger partial charge is 0.341 e. The van der Waals surface area contributed by atoms with Gasteiger partial charge in [0.15, 0.2) is 0 Å². The van der Waals surface area contributed by atoms with Crippen molar-refractivity contribution in [2.24, 2.45) is 11.7 Å². The second-order valence-corrected chi connectivity index (χ2v) is 4.94. The number of nitrogens with two attached hydrogens (primary N) is 1. The van der Waals surface area contributed by atoms with E-state index in [0.29, 0.717) is 25.4 Å². The zero-order valence-electron chi connectivity index (χ0n) is 11.6. The maximum absolute atomic E-state index is 12.0. The van der Waals surface area contributed by atoms with Gasteiger partial charge in [-0.15, -0.1) is 0 Å². The van der Waals surface area contributed by atoms with E-state index in [2.05, 4.69) is 13.8 Å². The van der Waals surface area contributed by atoms with Crippen LogP contribution < -0.4 is 5.73 Å². The van der Waals surface area contributed by atoms with Crippen LogP contribution in [0.1, 0.15) is 37.8 Å². The van der Waals surface area contributed by atoms with Gasteiger partial charge in [0.2, 0.25) is 5.91 Å². The van der Waals surface area contributed by atoms with E-state index >= 15 is 0 Å². The summed E-state index contributed by atoms with van der Waals surface area (Å²) in [5.41, 5.74) is 7.95. The Bertz CT molecular complexity index is 390. The van der Waals surface area contributed by atoms with E-state index in [-0.39, 0.29) is 5.91 Å². The zero-order valence-corrected chi connectivity index (χ0v) is 11.6. The van der Waals surface area contributed by atoms with E-state index in [1.165, 1.54) is 0 Å². The zero-order chi connectivity index (χ0) is 13.5. The fraction of sp³-hybridized carbons (Fsp3) is 0.533. The molecule has 3 heteroatoms. The first-order chi connectivity index (χ1) is 8.58. The Labute approximate surface area is 110 Å². The third-order valence-electron chi connectivity index (χ3n) is 3.39. The normalized spacial score (nSPS) is 12.2. The lowest BCUT2D eigenvalue weighted by atomic mass is 10.0. The van der Waals surface area contributed by atoms with Crippen LogP contribution in [0, 0.1) is 5.92 Å². The molecule has 0 aliphatic heterocycles. The summed E-state index contributed by atoms with van der Waals surface area (Å²) in [4.78, 5) is 13.8. The fourth-order valence-corrected chi connectivity index (χ4v) is 1.85. The predicted molar refractivity (Wildman–Crippen MR) is 74.9 cm³/mol. The van der Waals surface area contributed by atoms with Gasteiger partial charge in [-0.05, 0) is 17.0 Å². The molecule has 1 atom stereocenters. The van der Waals surface area contributed by atoms with Gasteiger partial charge in [-0.25, -0.2) is 0 Å². The van der Waals surface area contributed by atoms with E-state index in [9.17, 15) is 4.79 Å². The molecule has 1 amide bonds. The van der Waals surface area contributed by atoms with Gasteiger partial charge >= 0.3 is 0 Å². The van der Waals surface area contributed by atoms with Gasteiger partial charge in [-0.3, -0.25) is 4.79 Å². The number of carbonyl (C=O) groups excluding carboxylic acids is 1. The van der Waals surface area contributed by atoms with Crippen LogP contribution in [-0.4, -0.2) is 17.9 Å². The Morgan fingerprint density at radius 1 is 1.33 bits per heavy atom. The third kappa shape index (κ3) is 4.15. The molecule has 0 radical (unpaired) electrons. The highest BCUT2D eigenvalue weighted by molar-refractivity contribution is 5.76. The molecule has 100 valence electrons. The predicted octanol–water partition coefficient (Wildman–Crippen LogP) is 2.54. The average molecular weight is 248 g/mol. The maximum Gasteiger partial charge on any atom is 0.222 e. The minimum atomic E-state index is 0.205. The van der Waals surface area contributed by atoms with Gasteiger partial charge in [0.05, 0.1) is 0 Å². The summed E-state index contributed by atoms with van der Waals surface area (Å²) >= 11 is 0. The summed E-state index contributed by atoms with van der Waals surface area (Å²) in [6.45, 7) is 5.38. The molecule has 0 fully saturated rings. The van der Waals surface area contributed by atoms with Crippen molar-refractivity contribution in [1.82, 2.24) is 4.90 Å². The summed E-state index contributed by atoms with van der Waals surface area (Å²) in [6.07, 6.45) is 1.66. The van der Waals surface area contributed by atoms with E-state index in [1.807, 2.05) is 31.3 Å². The molecule has 1 rings (SSSR count). The number of amides is 1. The Balaban J connectivity index is 2.63. The molecule has 0 aliphatic carbocycles. The highest BCUT2D eigenvalue weighted by Crippen LogP contribution is 2.13. The highest BCUT2D eigenvalue weighted by Gasteiger charge is 2.13. The smallest absolute Gasteiger partial charge is 0.222 e. The maximum atomic E-state index is 12.0. The van der Waals surface area contributed by atoms with E-state index in [0.717, 1.165) is 17.5 Å². The van der Waals surface area contributed by atoms with Crippen molar-refractivity contribution in [3.8, 4) is 0 Å². The first-order valence-corrected chi connectivity index (χ1v) is 6.59. The molecule has 0 heterocycles. The third-order valence-corrected chi connectivity index (χ3v) is 3.39. The van der Waals surface area contributed by atoms with Crippen LogP contribution in [0.15, 0.2) is 24.3 Å². The summed E-state index contributed by atoms with van der Waals surface area (Å²) < 4.78 is 0. The monoisotopic (exact) mass is 248 g/mol. The molecule has 0 saturated carbocycles. The lowest BCUT2D eigenvalue weighted by Gasteiger charge is -2.20. The van der Waals surface area contributed by atoms with Gasteiger partial charge in [0, 0.05) is 26.6 Å². The number of rotatable bonds is 6. The number of carbonyl (C=O) groups is 1. The molecule has 0 saturated heterocycles. The van der Waals surface area contributed by atoms with Gasteiger partial charge in [0.25, 0.3) is 0 Å². The fourth-order valence-electron chi connectivity index (χ4n) is 1.85. The number of benzene rings is 1. The first kappa shape index (κ1) is 14.7. The summed E-state index contributed by atoms with van der Waals surface area (Å²) in [5, 5.41) is 0. The topological polar surface area (TPSA) is 46.3 Å². The lowest BCUT2D eigenvalue weighted by Crippen LogP contribution is -2.28. The van der Waals surface area contributed by atoms with Crippen molar-refractivity contribution in [2.75, 3.05) is 7.05 Å². The van der Waals surface area contributed by atoms with E-state index < -0.39 is 0 Å². The van der Waals surface area contributed by atoms with Crippen molar-refractivity contribution in [3.05, 3.63) is 35.4 Å². The number of hydrogen-bond acceptors (Lipinski definition) is 2. The lowest BCUT2D eigenvalue weighted by molar-refractivity contribution is -0.131. The molecule has 0 bridgehead atoms. The van der Waals surface area contributed by atoms with Crippen molar-refractivity contribution < 1.29 is 4.79 Å². The van der Waals surface area contributed by atoms with Crippen LogP contribution in [0.5, 0.6) is 0 Å². The Kier molecular flexibility index (Phi) is 5.86. The van der Waals surface area contributed by atoms with Crippen molar-refractivity contribution in [2.45, 2.75) is 39.8 Å². The summed E-state index contributed by atoms with van der Waals surface area (Å²) in [6, 6.07) is 8.02. The minimum Gasteiger partial charge on any atom is -0.341 e. The molecule has 1 unspecified atom stereocenters. The first-order valence-electron chi connectivity index (χ1n) is 6.59. The molecule has 18 heavy (non-hydrogen) atoms. The summed E-state index contributed by atoms with van der Waals surface area (Å²) in [5.74, 6) is 0.654. The van der Waals surface area contributed by atoms with Gasteiger partial charge in [-0.2, -0.15) is 0 Å². The van der Waals surface area contributed by atoms with Crippen LogP contribution >= 0.6 is 0 Å². The molecular formula is C15H24N2O. The second kappa shape index (κ2) is 7.17. The molecule has 1 aromatic carbocycles. The van der Waals surface area contributed by atoms with Crippen LogP contribution in [-0.2, 0) is 17.9 Å². The molecule has 1 aromatic rings. The highest BCUT2D eigenvalue weighted by atomic mass is 16.2. The van der Waals surface area contributed by atoms with Crippen LogP contribution in [0.3, 0.4) is 0 Å². The molecular weight excluding hydrogens is 224 g/mol. The van der Waals surface area contributed by atoms with Gasteiger partial charge in [-0.1, -0.05) is 44.5 Å². The van der Waals surface area contributed by atoms with Crippen molar-refractivity contribution in [3.63, 3.8) is 0 Å². The average Bonchev–Trinajstić information content (AvgIpc) is 2.39. The molecule has 0 aliphatic rings.